The number of hydrogen-bond acceptors (Lipinski definition) is 2. The van der Waals surface area contributed by atoms with Gasteiger partial charge in [-0.3, -0.25) is 9.71 Å². The normalized spacial score (nSPS) is 12.2. The fourth-order valence-corrected chi connectivity index (χ4v) is 2.79. The third kappa shape index (κ3) is 3.01. The zero-order chi connectivity index (χ0) is 14.9. The van der Waals surface area contributed by atoms with E-state index in [4.69, 9.17) is 0 Å². The molecule has 1 aromatic heterocycles. The van der Waals surface area contributed by atoms with E-state index in [1.165, 1.54) is 0 Å². The van der Waals surface area contributed by atoms with Crippen LogP contribution in [0.4, 0.5) is 18.9 Å². The van der Waals surface area contributed by atoms with E-state index in [-0.39, 0.29) is 15.1 Å². The van der Waals surface area contributed by atoms with Crippen LogP contribution in [0.25, 0.3) is 0 Å². The zero-order valence-corrected chi connectivity index (χ0v) is 12.5. The highest BCUT2D eigenvalue weighted by molar-refractivity contribution is 9.10. The highest BCUT2D eigenvalue weighted by atomic mass is 79.9. The third-order valence-corrected chi connectivity index (χ3v) is 4.39. The van der Waals surface area contributed by atoms with E-state index in [1.807, 2.05) is 0 Å². The van der Waals surface area contributed by atoms with E-state index in [2.05, 4.69) is 25.6 Å². The number of pyridine rings is 1. The molecule has 8 heteroatoms. The molecule has 1 unspecified atom stereocenters. The summed E-state index contributed by atoms with van der Waals surface area (Å²) in [6.07, 6.45) is 0.991. The van der Waals surface area contributed by atoms with Crippen LogP contribution in [0.3, 0.4) is 0 Å². The largest absolute Gasteiger partial charge is 0.298 e. The molecule has 0 aliphatic rings. The van der Waals surface area contributed by atoms with Crippen LogP contribution in [0, 0.1) is 24.4 Å². The second kappa shape index (κ2) is 5.92. The summed E-state index contributed by atoms with van der Waals surface area (Å²) < 4.78 is 54.0. The first-order chi connectivity index (χ1) is 9.40. The van der Waals surface area contributed by atoms with Crippen molar-refractivity contribution < 1.29 is 17.4 Å². The van der Waals surface area contributed by atoms with Crippen LogP contribution in [0.1, 0.15) is 5.69 Å². The van der Waals surface area contributed by atoms with Gasteiger partial charge in [0.05, 0.1) is 26.9 Å². The smallest absolute Gasteiger partial charge is 0.164 e. The molecule has 0 spiro atoms. The van der Waals surface area contributed by atoms with Gasteiger partial charge in [-0.2, -0.15) is 0 Å². The van der Waals surface area contributed by atoms with E-state index in [0.29, 0.717) is 5.69 Å². The van der Waals surface area contributed by atoms with Gasteiger partial charge < -0.3 is 0 Å². The topological polar surface area (TPSA) is 42.0 Å². The van der Waals surface area contributed by atoms with E-state index in [9.17, 15) is 17.4 Å². The van der Waals surface area contributed by atoms with Gasteiger partial charge in [0.2, 0.25) is 0 Å². The van der Waals surface area contributed by atoms with E-state index in [1.54, 1.807) is 6.92 Å². The van der Waals surface area contributed by atoms with Crippen LogP contribution in [0.15, 0.2) is 33.8 Å². The van der Waals surface area contributed by atoms with Gasteiger partial charge in [-0.1, -0.05) is 0 Å². The number of halogens is 4. The average molecular weight is 365 g/mol. The molecule has 0 saturated heterocycles. The standard InChI is InChI=1S/C12H8BrF3N2OS/c1-6-10(4-7(14)5-17-6)20(19)18-9-3-2-8(15)11(13)12(9)16/h2-5,18H,1H3. The second-order valence-corrected chi connectivity index (χ2v) is 5.81. The zero-order valence-electron chi connectivity index (χ0n) is 10.1. The lowest BCUT2D eigenvalue weighted by Crippen LogP contribution is -2.09. The molecular weight excluding hydrogens is 357 g/mol. The maximum absolute atomic E-state index is 13.7. The number of aryl methyl sites for hydroxylation is 1. The fraction of sp³-hybridized carbons (Fsp3) is 0.0833. The molecule has 1 N–H and O–H groups in total. The average Bonchev–Trinajstić information content (AvgIpc) is 2.42. The number of aromatic nitrogens is 1. The number of hydrogen-bond donors (Lipinski definition) is 1. The molecule has 1 heterocycles. The summed E-state index contributed by atoms with van der Waals surface area (Å²) in [7, 11) is -1.92. The Hall–Kier alpha value is -1.41. The van der Waals surface area contributed by atoms with Crippen molar-refractivity contribution in [2.24, 2.45) is 0 Å². The van der Waals surface area contributed by atoms with Crippen LogP contribution in [0.5, 0.6) is 0 Å². The van der Waals surface area contributed by atoms with Gasteiger partial charge in [-0.25, -0.2) is 17.4 Å². The molecule has 0 fully saturated rings. The Morgan fingerprint density at radius 3 is 2.70 bits per heavy atom. The van der Waals surface area contributed by atoms with Gasteiger partial charge >= 0.3 is 0 Å². The van der Waals surface area contributed by atoms with Gasteiger partial charge in [0.15, 0.2) is 16.8 Å². The molecular formula is C12H8BrF3N2OS. The first-order valence-corrected chi connectivity index (χ1v) is 7.28. The molecule has 0 radical (unpaired) electrons. The maximum Gasteiger partial charge on any atom is 0.164 e. The van der Waals surface area contributed by atoms with Crippen LogP contribution in [-0.2, 0) is 11.0 Å². The van der Waals surface area contributed by atoms with Crippen molar-refractivity contribution in [1.82, 2.24) is 4.98 Å². The molecule has 0 aliphatic carbocycles. The van der Waals surface area contributed by atoms with Crippen molar-refractivity contribution in [2.45, 2.75) is 11.8 Å². The Morgan fingerprint density at radius 1 is 1.30 bits per heavy atom. The van der Waals surface area contributed by atoms with E-state index >= 15 is 0 Å². The minimum atomic E-state index is -1.92. The maximum atomic E-state index is 13.7. The summed E-state index contributed by atoms with van der Waals surface area (Å²) in [6.45, 7) is 1.55. The molecule has 0 saturated carbocycles. The third-order valence-electron chi connectivity index (χ3n) is 2.44. The Bertz CT molecular complexity index is 697. The fourth-order valence-electron chi connectivity index (χ4n) is 1.44. The van der Waals surface area contributed by atoms with Crippen molar-refractivity contribution in [3.63, 3.8) is 0 Å². The highest BCUT2D eigenvalue weighted by Crippen LogP contribution is 2.27. The molecule has 1 atom stereocenters. The van der Waals surface area contributed by atoms with E-state index in [0.717, 1.165) is 24.4 Å². The molecule has 2 aromatic rings. The van der Waals surface area contributed by atoms with Gasteiger partial charge in [0, 0.05) is 0 Å². The number of rotatable bonds is 3. The first kappa shape index (κ1) is 15.0. The second-order valence-electron chi connectivity index (χ2n) is 3.83. The summed E-state index contributed by atoms with van der Waals surface area (Å²) >= 11 is 2.74. The van der Waals surface area contributed by atoms with E-state index < -0.39 is 28.4 Å². The molecule has 0 bridgehead atoms. The van der Waals surface area contributed by atoms with Crippen molar-refractivity contribution in [2.75, 3.05) is 4.72 Å². The molecule has 0 aliphatic heterocycles. The van der Waals surface area contributed by atoms with Gasteiger partial charge in [0.1, 0.15) is 11.6 Å². The van der Waals surface area contributed by atoms with Crippen molar-refractivity contribution in [3.05, 3.63) is 52.0 Å². The van der Waals surface area contributed by atoms with Gasteiger partial charge in [0.25, 0.3) is 0 Å². The Balaban J connectivity index is 2.33. The highest BCUT2D eigenvalue weighted by Gasteiger charge is 2.15. The summed E-state index contributed by atoms with van der Waals surface area (Å²) in [5.41, 5.74) is 0.180. The molecule has 106 valence electrons. The van der Waals surface area contributed by atoms with Crippen molar-refractivity contribution in [1.29, 1.82) is 0 Å². The summed E-state index contributed by atoms with van der Waals surface area (Å²) in [4.78, 5) is 3.81. The van der Waals surface area contributed by atoms with Crippen LogP contribution in [0.2, 0.25) is 0 Å². The molecule has 2 rings (SSSR count). The Kier molecular flexibility index (Phi) is 4.44. The lowest BCUT2D eigenvalue weighted by molar-refractivity contribution is 0.574. The number of nitrogens with one attached hydrogen (secondary N) is 1. The summed E-state index contributed by atoms with van der Waals surface area (Å²) in [5.74, 6) is -2.34. The summed E-state index contributed by atoms with van der Waals surface area (Å²) in [6, 6.07) is 3.17. The number of benzene rings is 1. The van der Waals surface area contributed by atoms with Crippen LogP contribution < -0.4 is 4.72 Å². The van der Waals surface area contributed by atoms with Crippen molar-refractivity contribution >= 4 is 32.6 Å². The van der Waals surface area contributed by atoms with Crippen LogP contribution >= 0.6 is 15.9 Å². The quantitative estimate of drug-likeness (QED) is 0.843. The monoisotopic (exact) mass is 364 g/mol. The molecule has 0 amide bonds. The van der Waals surface area contributed by atoms with Gasteiger partial charge in [-0.05, 0) is 41.1 Å². The lowest BCUT2D eigenvalue weighted by atomic mass is 10.3. The van der Waals surface area contributed by atoms with Gasteiger partial charge in [-0.15, -0.1) is 0 Å². The molecule has 3 nitrogen and oxygen atoms in total. The molecule has 20 heavy (non-hydrogen) atoms. The Labute approximate surface area is 123 Å². The first-order valence-electron chi connectivity index (χ1n) is 5.34. The minimum Gasteiger partial charge on any atom is -0.298 e. The lowest BCUT2D eigenvalue weighted by Gasteiger charge is -2.10. The molecule has 1 aromatic carbocycles. The number of nitrogens with zero attached hydrogens (tertiary/aromatic N) is 1. The predicted molar refractivity (Wildman–Crippen MR) is 73.0 cm³/mol. The Morgan fingerprint density at radius 2 is 2.00 bits per heavy atom. The SMILES string of the molecule is Cc1ncc(F)cc1S(=O)Nc1ccc(F)c(Br)c1F. The minimum absolute atomic E-state index is 0.0878. The van der Waals surface area contributed by atoms with Crippen molar-refractivity contribution in [3.8, 4) is 0 Å². The van der Waals surface area contributed by atoms with Crippen LogP contribution in [-0.4, -0.2) is 9.19 Å². The number of anilines is 1. The predicted octanol–water partition coefficient (Wildman–Crippen LogP) is 3.70. The summed E-state index contributed by atoms with van der Waals surface area (Å²) in [5, 5.41) is 0.